The summed E-state index contributed by atoms with van der Waals surface area (Å²) < 4.78 is 0.904. The first-order valence-corrected chi connectivity index (χ1v) is 8.97. The number of hydrogen-bond acceptors (Lipinski definition) is 7. The number of fused-ring (bicyclic) bond motifs is 1. The molecule has 0 N–H and O–H groups in total. The van der Waals surface area contributed by atoms with Crippen LogP contribution in [-0.2, 0) is 11.2 Å². The van der Waals surface area contributed by atoms with Gasteiger partial charge in [0.05, 0.1) is 17.8 Å². The second-order valence-corrected chi connectivity index (χ2v) is 7.66. The van der Waals surface area contributed by atoms with E-state index in [1.807, 2.05) is 31.2 Å². The predicted octanol–water partition coefficient (Wildman–Crippen LogP) is 2.81. The van der Waals surface area contributed by atoms with Gasteiger partial charge in [0, 0.05) is 12.2 Å². The number of aromatic nitrogens is 2. The number of nitrogens with zero attached hydrogens (tertiary/aromatic N) is 5. The zero-order valence-electron chi connectivity index (χ0n) is 12.4. The van der Waals surface area contributed by atoms with Gasteiger partial charge in [0.2, 0.25) is 0 Å². The molecule has 0 fully saturated rings. The van der Waals surface area contributed by atoms with Crippen LogP contribution in [0.2, 0.25) is 0 Å². The molecule has 1 aromatic heterocycles. The third kappa shape index (κ3) is 2.91. The minimum absolute atomic E-state index is 0.0133. The van der Waals surface area contributed by atoms with E-state index in [1.165, 1.54) is 5.01 Å². The van der Waals surface area contributed by atoms with Crippen molar-refractivity contribution in [2.24, 2.45) is 10.1 Å². The van der Waals surface area contributed by atoms with Crippen LogP contribution in [0.1, 0.15) is 17.0 Å². The van der Waals surface area contributed by atoms with Crippen molar-refractivity contribution in [3.05, 3.63) is 34.8 Å². The van der Waals surface area contributed by atoms with Gasteiger partial charge in [-0.05, 0) is 18.6 Å². The van der Waals surface area contributed by atoms with Gasteiger partial charge in [-0.15, -0.1) is 10.2 Å². The van der Waals surface area contributed by atoms with E-state index in [1.54, 1.807) is 23.1 Å². The summed E-state index contributed by atoms with van der Waals surface area (Å²) in [5.74, 6) is 1.35. The fourth-order valence-electron chi connectivity index (χ4n) is 2.49. The molecule has 0 atom stereocenters. The lowest BCUT2D eigenvalue weighted by atomic mass is 10.1. The molecule has 3 heterocycles. The van der Waals surface area contributed by atoms with E-state index < -0.39 is 0 Å². The molecular formula is C15H13N5OS2. The van der Waals surface area contributed by atoms with E-state index in [0.29, 0.717) is 24.4 Å². The van der Waals surface area contributed by atoms with Gasteiger partial charge in [0.15, 0.2) is 4.34 Å². The van der Waals surface area contributed by atoms with E-state index in [4.69, 9.17) is 0 Å². The number of amidine groups is 1. The Bertz CT molecular complexity index is 842. The summed E-state index contributed by atoms with van der Waals surface area (Å²) in [6, 6.07) is 7.93. The summed E-state index contributed by atoms with van der Waals surface area (Å²) >= 11 is 3.12. The highest BCUT2D eigenvalue weighted by atomic mass is 32.2. The summed E-state index contributed by atoms with van der Waals surface area (Å²) in [5, 5.41) is 14.9. The molecule has 4 rings (SSSR count). The molecule has 6 nitrogen and oxygen atoms in total. The number of aryl methyl sites for hydroxylation is 1. The van der Waals surface area contributed by atoms with Crippen LogP contribution in [0, 0.1) is 6.92 Å². The third-order valence-corrected chi connectivity index (χ3v) is 5.58. The zero-order chi connectivity index (χ0) is 15.8. The monoisotopic (exact) mass is 343 g/mol. The molecule has 2 aromatic rings. The molecule has 2 aliphatic heterocycles. The maximum atomic E-state index is 12.2. The SMILES string of the molecule is Cc1nnc(SCC2=NN(C3=Nc4ccccc4C3)C(=O)C2)s1. The number of aliphatic imine (C=N–C) groups is 1. The van der Waals surface area contributed by atoms with Gasteiger partial charge >= 0.3 is 0 Å². The zero-order valence-corrected chi connectivity index (χ0v) is 14.0. The molecule has 0 saturated heterocycles. The molecule has 0 bridgehead atoms. The highest BCUT2D eigenvalue weighted by molar-refractivity contribution is 8.01. The highest BCUT2D eigenvalue weighted by Gasteiger charge is 2.30. The van der Waals surface area contributed by atoms with Gasteiger partial charge in [-0.2, -0.15) is 10.1 Å². The predicted molar refractivity (Wildman–Crippen MR) is 91.5 cm³/mol. The second kappa shape index (κ2) is 5.86. The van der Waals surface area contributed by atoms with Crippen LogP contribution in [0.25, 0.3) is 0 Å². The van der Waals surface area contributed by atoms with E-state index in [2.05, 4.69) is 20.3 Å². The fourth-order valence-corrected chi connectivity index (χ4v) is 4.22. The van der Waals surface area contributed by atoms with Crippen LogP contribution in [0.5, 0.6) is 0 Å². The smallest absolute Gasteiger partial charge is 0.254 e. The number of benzene rings is 1. The Morgan fingerprint density at radius 3 is 2.91 bits per heavy atom. The first kappa shape index (κ1) is 14.5. The molecule has 1 amide bonds. The first-order valence-electron chi connectivity index (χ1n) is 7.17. The van der Waals surface area contributed by atoms with Crippen molar-refractivity contribution in [3.8, 4) is 0 Å². The van der Waals surface area contributed by atoms with Gasteiger partial charge in [0.1, 0.15) is 10.8 Å². The molecule has 8 heteroatoms. The van der Waals surface area contributed by atoms with E-state index in [9.17, 15) is 4.79 Å². The Morgan fingerprint density at radius 2 is 2.13 bits per heavy atom. The Kier molecular flexibility index (Phi) is 3.70. The van der Waals surface area contributed by atoms with Crippen molar-refractivity contribution in [3.63, 3.8) is 0 Å². The second-order valence-electron chi connectivity index (χ2n) is 5.26. The summed E-state index contributed by atoms with van der Waals surface area (Å²) in [4.78, 5) is 16.8. The average molecular weight is 343 g/mol. The molecular weight excluding hydrogens is 330 g/mol. The van der Waals surface area contributed by atoms with Crippen LogP contribution in [0.15, 0.2) is 38.7 Å². The maximum absolute atomic E-state index is 12.2. The lowest BCUT2D eigenvalue weighted by Crippen LogP contribution is -2.28. The third-order valence-electron chi connectivity index (χ3n) is 3.54. The quantitative estimate of drug-likeness (QED) is 0.804. The Balaban J connectivity index is 1.46. The van der Waals surface area contributed by atoms with Crippen LogP contribution in [0.4, 0.5) is 5.69 Å². The maximum Gasteiger partial charge on any atom is 0.254 e. The summed E-state index contributed by atoms with van der Waals surface area (Å²) in [6.07, 6.45) is 1.00. The lowest BCUT2D eigenvalue weighted by molar-refractivity contribution is -0.125. The molecule has 0 unspecified atom stereocenters. The number of rotatable bonds is 3. The standard InChI is InChI=1S/C15H13N5OS2/c1-9-17-18-15(23-9)22-8-11-7-14(21)20(19-11)13-6-10-4-2-3-5-12(10)16-13/h2-5H,6-8H2,1H3. The van der Waals surface area contributed by atoms with Gasteiger partial charge in [-0.3, -0.25) is 4.79 Å². The molecule has 1 aromatic carbocycles. The van der Waals surface area contributed by atoms with E-state index in [0.717, 1.165) is 26.3 Å². The molecule has 116 valence electrons. The number of carbonyl (C=O) groups is 1. The summed E-state index contributed by atoms with van der Waals surface area (Å²) in [6.45, 7) is 1.93. The van der Waals surface area contributed by atoms with Crippen molar-refractivity contribution in [1.82, 2.24) is 15.2 Å². The van der Waals surface area contributed by atoms with Crippen LogP contribution in [-0.4, -0.2) is 38.4 Å². The molecule has 0 spiro atoms. The fraction of sp³-hybridized carbons (Fsp3) is 0.267. The number of amides is 1. The molecule has 0 aliphatic carbocycles. The van der Waals surface area contributed by atoms with Gasteiger partial charge < -0.3 is 0 Å². The lowest BCUT2D eigenvalue weighted by Gasteiger charge is -2.10. The van der Waals surface area contributed by atoms with Crippen molar-refractivity contribution in [2.45, 2.75) is 24.1 Å². The highest BCUT2D eigenvalue weighted by Crippen LogP contribution is 2.29. The van der Waals surface area contributed by atoms with Gasteiger partial charge in [-0.1, -0.05) is 41.3 Å². The van der Waals surface area contributed by atoms with Crippen LogP contribution in [0.3, 0.4) is 0 Å². The minimum Gasteiger partial charge on any atom is -0.272 e. The normalized spacial score (nSPS) is 16.6. The first-order chi connectivity index (χ1) is 11.2. The van der Waals surface area contributed by atoms with Gasteiger partial charge in [0.25, 0.3) is 5.91 Å². The number of thioether (sulfide) groups is 1. The number of hydrogen-bond donors (Lipinski definition) is 0. The van der Waals surface area contributed by atoms with Crippen molar-refractivity contribution in [2.75, 3.05) is 5.75 Å². The Labute approximate surface area is 141 Å². The van der Waals surface area contributed by atoms with Crippen molar-refractivity contribution < 1.29 is 4.79 Å². The average Bonchev–Trinajstić information content (AvgIpc) is 3.23. The summed E-state index contributed by atoms with van der Waals surface area (Å²) in [5.41, 5.74) is 2.92. The Morgan fingerprint density at radius 1 is 1.26 bits per heavy atom. The largest absolute Gasteiger partial charge is 0.272 e. The van der Waals surface area contributed by atoms with Crippen molar-refractivity contribution in [1.29, 1.82) is 0 Å². The van der Waals surface area contributed by atoms with Gasteiger partial charge in [-0.25, -0.2) is 4.99 Å². The molecule has 0 radical (unpaired) electrons. The van der Waals surface area contributed by atoms with Crippen LogP contribution >= 0.6 is 23.1 Å². The van der Waals surface area contributed by atoms with Crippen molar-refractivity contribution >= 4 is 46.2 Å². The number of para-hydroxylation sites is 1. The van der Waals surface area contributed by atoms with E-state index in [-0.39, 0.29) is 5.91 Å². The van der Waals surface area contributed by atoms with Crippen LogP contribution < -0.4 is 0 Å². The topological polar surface area (TPSA) is 70.8 Å². The minimum atomic E-state index is -0.0133. The Hall–Kier alpha value is -2.06. The molecule has 23 heavy (non-hydrogen) atoms. The molecule has 0 saturated carbocycles. The number of hydrazone groups is 1. The summed E-state index contributed by atoms with van der Waals surface area (Å²) in [7, 11) is 0. The van der Waals surface area contributed by atoms with E-state index >= 15 is 0 Å². The number of carbonyl (C=O) groups excluding carboxylic acids is 1. The molecule has 2 aliphatic rings.